The number of ether oxygens (including phenoxy) is 3. The Kier molecular flexibility index (Phi) is 8.26. The average Bonchev–Trinajstić information content (AvgIpc) is 2.90. The highest BCUT2D eigenvalue weighted by Crippen LogP contribution is 2.32. The summed E-state index contributed by atoms with van der Waals surface area (Å²) in [5, 5.41) is 0.706. The van der Waals surface area contributed by atoms with Gasteiger partial charge >= 0.3 is 11.6 Å². The van der Waals surface area contributed by atoms with Crippen molar-refractivity contribution >= 4 is 23.0 Å². The molecule has 4 rings (SSSR count). The van der Waals surface area contributed by atoms with Crippen molar-refractivity contribution in [2.75, 3.05) is 7.11 Å². The summed E-state index contributed by atoms with van der Waals surface area (Å²) in [6.45, 7) is 5.45. The number of methoxy groups -OCH3 is 1. The molecule has 0 saturated carbocycles. The molecule has 0 fully saturated rings. The zero-order valence-corrected chi connectivity index (χ0v) is 21.7. The first-order valence-corrected chi connectivity index (χ1v) is 12.2. The van der Waals surface area contributed by atoms with E-state index in [4.69, 9.17) is 18.6 Å². The van der Waals surface area contributed by atoms with Gasteiger partial charge < -0.3 is 18.6 Å². The topological polar surface area (TPSA) is 75.0 Å². The number of aryl methyl sites for hydroxylation is 1. The average molecular weight is 517 g/mol. The second kappa shape index (κ2) is 11.8. The van der Waals surface area contributed by atoms with E-state index in [1.165, 1.54) is 18.2 Å². The van der Waals surface area contributed by atoms with Gasteiger partial charge in [0.2, 0.25) is 0 Å². The highest BCUT2D eigenvalue weighted by molar-refractivity contribution is 5.88. The Morgan fingerprint density at radius 2 is 1.71 bits per heavy atom. The van der Waals surface area contributed by atoms with Gasteiger partial charge in [0, 0.05) is 23.4 Å². The largest absolute Gasteiger partial charge is 0.497 e. The summed E-state index contributed by atoms with van der Waals surface area (Å²) in [7, 11) is 1.59. The lowest BCUT2D eigenvalue weighted by Crippen LogP contribution is -2.14. The fourth-order valence-electron chi connectivity index (χ4n) is 4.07. The van der Waals surface area contributed by atoms with Crippen LogP contribution in [0.4, 0.5) is 4.39 Å². The minimum Gasteiger partial charge on any atom is -0.497 e. The molecule has 0 aliphatic heterocycles. The van der Waals surface area contributed by atoms with E-state index >= 15 is 0 Å². The van der Waals surface area contributed by atoms with E-state index in [1.807, 2.05) is 39.0 Å². The van der Waals surface area contributed by atoms with Crippen LogP contribution in [0.1, 0.15) is 41.7 Å². The Balaban J connectivity index is 1.63. The van der Waals surface area contributed by atoms with Gasteiger partial charge in [-0.15, -0.1) is 0 Å². The van der Waals surface area contributed by atoms with Crippen LogP contribution < -0.4 is 15.1 Å². The molecule has 0 aliphatic rings. The number of fused-ring (bicyclic) bond motifs is 1. The van der Waals surface area contributed by atoms with Crippen molar-refractivity contribution < 1.29 is 27.8 Å². The molecule has 6 nitrogen and oxygen atoms in total. The molecule has 0 atom stereocenters. The van der Waals surface area contributed by atoms with Crippen molar-refractivity contribution in [1.82, 2.24) is 0 Å². The first-order chi connectivity index (χ1) is 18.2. The van der Waals surface area contributed by atoms with Crippen molar-refractivity contribution in [2.45, 2.75) is 39.9 Å². The Morgan fingerprint density at radius 1 is 1.00 bits per heavy atom. The van der Waals surface area contributed by atoms with Crippen LogP contribution in [0, 0.1) is 12.7 Å². The van der Waals surface area contributed by atoms with Gasteiger partial charge in [0.15, 0.2) is 0 Å². The van der Waals surface area contributed by atoms with Crippen LogP contribution in [0.15, 0.2) is 76.0 Å². The van der Waals surface area contributed by atoms with Gasteiger partial charge in [-0.25, -0.2) is 14.0 Å². The Morgan fingerprint density at radius 3 is 2.37 bits per heavy atom. The van der Waals surface area contributed by atoms with Gasteiger partial charge in [-0.05, 0) is 79.9 Å². The first kappa shape index (κ1) is 26.7. The maximum absolute atomic E-state index is 13.3. The molecular weight excluding hydrogens is 487 g/mol. The molecule has 0 bridgehead atoms. The number of carbonyl (C=O) groups is 1. The SMILES string of the molecule is COc1ccc(/C=C/C(=O)OCc2c(OC(C)C)ccc3c(C)c(Cc4ccc(F)cc4)c(=O)oc23)cc1. The summed E-state index contributed by atoms with van der Waals surface area (Å²) in [6, 6.07) is 16.9. The molecule has 0 aliphatic carbocycles. The maximum atomic E-state index is 13.3. The number of hydrogen-bond acceptors (Lipinski definition) is 6. The number of esters is 1. The molecule has 4 aromatic rings. The standard InChI is InChI=1S/C31H29FO6/c1-19(2)37-28-15-14-25-20(3)26(17-22-5-10-23(32)11-6-22)31(34)38-30(25)27(28)18-36-29(33)16-9-21-7-12-24(35-4)13-8-21/h5-16,19H,17-18H2,1-4H3/b16-9+. The monoisotopic (exact) mass is 516 g/mol. The van der Waals surface area contributed by atoms with Crippen LogP contribution in [0.3, 0.4) is 0 Å². The van der Waals surface area contributed by atoms with Crippen molar-refractivity contribution in [3.8, 4) is 11.5 Å². The van der Waals surface area contributed by atoms with Crippen molar-refractivity contribution in [3.63, 3.8) is 0 Å². The second-order valence-electron chi connectivity index (χ2n) is 9.10. The van der Waals surface area contributed by atoms with E-state index in [9.17, 15) is 14.0 Å². The Bertz CT molecular complexity index is 1520. The lowest BCUT2D eigenvalue weighted by Gasteiger charge is -2.17. The molecule has 0 unspecified atom stereocenters. The zero-order valence-electron chi connectivity index (χ0n) is 21.7. The molecule has 1 aromatic heterocycles. The normalized spacial score (nSPS) is 11.3. The highest BCUT2D eigenvalue weighted by atomic mass is 19.1. The number of benzene rings is 3. The third-order valence-electron chi connectivity index (χ3n) is 6.06. The first-order valence-electron chi connectivity index (χ1n) is 12.2. The van der Waals surface area contributed by atoms with Crippen LogP contribution in [-0.2, 0) is 22.6 Å². The maximum Gasteiger partial charge on any atom is 0.340 e. The van der Waals surface area contributed by atoms with E-state index in [-0.39, 0.29) is 18.5 Å². The molecule has 1 heterocycles. The third-order valence-corrected chi connectivity index (χ3v) is 6.06. The van der Waals surface area contributed by atoms with Crippen LogP contribution in [-0.4, -0.2) is 19.2 Å². The van der Waals surface area contributed by atoms with Crippen LogP contribution in [0.25, 0.3) is 17.0 Å². The number of hydrogen-bond donors (Lipinski definition) is 0. The van der Waals surface area contributed by atoms with Crippen LogP contribution in [0.2, 0.25) is 0 Å². The molecule has 0 N–H and O–H groups in total. The molecule has 0 spiro atoms. The number of rotatable bonds is 9. The zero-order chi connectivity index (χ0) is 27.2. The lowest BCUT2D eigenvalue weighted by molar-refractivity contribution is -0.138. The van der Waals surface area contributed by atoms with Crippen molar-refractivity contribution in [1.29, 1.82) is 0 Å². The third kappa shape index (κ3) is 6.29. The number of halogens is 1. The predicted molar refractivity (Wildman–Crippen MR) is 144 cm³/mol. The Hall–Kier alpha value is -4.39. The molecule has 3 aromatic carbocycles. The van der Waals surface area contributed by atoms with Crippen LogP contribution >= 0.6 is 0 Å². The lowest BCUT2D eigenvalue weighted by atomic mass is 9.98. The van der Waals surface area contributed by atoms with E-state index in [0.29, 0.717) is 34.3 Å². The molecule has 0 amide bonds. The van der Waals surface area contributed by atoms with E-state index < -0.39 is 11.6 Å². The summed E-state index contributed by atoms with van der Waals surface area (Å²) < 4.78 is 35.7. The Labute approximate surface area is 220 Å². The van der Waals surface area contributed by atoms with Gasteiger partial charge in [-0.1, -0.05) is 24.3 Å². The van der Waals surface area contributed by atoms with Crippen molar-refractivity contribution in [3.05, 3.63) is 111 Å². The van der Waals surface area contributed by atoms with E-state index in [2.05, 4.69) is 0 Å². The van der Waals surface area contributed by atoms with E-state index in [1.54, 1.807) is 43.5 Å². The van der Waals surface area contributed by atoms with Gasteiger partial charge in [0.1, 0.15) is 29.5 Å². The predicted octanol–water partition coefficient (Wildman–Crippen LogP) is 6.38. The highest BCUT2D eigenvalue weighted by Gasteiger charge is 2.19. The van der Waals surface area contributed by atoms with Crippen LogP contribution in [0.5, 0.6) is 11.5 Å². The smallest absolute Gasteiger partial charge is 0.340 e. The quantitative estimate of drug-likeness (QED) is 0.146. The fraction of sp³-hybridized carbons (Fsp3) is 0.226. The summed E-state index contributed by atoms with van der Waals surface area (Å²) >= 11 is 0. The van der Waals surface area contributed by atoms with E-state index in [0.717, 1.165) is 22.4 Å². The minimum atomic E-state index is -0.555. The molecule has 38 heavy (non-hydrogen) atoms. The van der Waals surface area contributed by atoms with Gasteiger partial charge in [0.05, 0.1) is 18.8 Å². The molecule has 196 valence electrons. The summed E-state index contributed by atoms with van der Waals surface area (Å²) in [6.07, 6.45) is 3.12. The molecular formula is C31H29FO6. The molecule has 0 radical (unpaired) electrons. The molecule has 0 saturated heterocycles. The summed E-state index contributed by atoms with van der Waals surface area (Å²) in [5.74, 6) is 0.288. The van der Waals surface area contributed by atoms with Crippen molar-refractivity contribution in [2.24, 2.45) is 0 Å². The fourth-order valence-corrected chi connectivity index (χ4v) is 4.07. The second-order valence-corrected chi connectivity index (χ2v) is 9.10. The van der Waals surface area contributed by atoms with Gasteiger partial charge in [-0.2, -0.15) is 0 Å². The summed E-state index contributed by atoms with van der Waals surface area (Å²) in [4.78, 5) is 25.5. The van der Waals surface area contributed by atoms with Gasteiger partial charge in [0.25, 0.3) is 0 Å². The number of carbonyl (C=O) groups excluding carboxylic acids is 1. The minimum absolute atomic E-state index is 0.148. The molecule has 7 heteroatoms. The van der Waals surface area contributed by atoms with Gasteiger partial charge in [-0.3, -0.25) is 0 Å². The summed E-state index contributed by atoms with van der Waals surface area (Å²) in [5.41, 5.74) is 3.09.